The Balaban J connectivity index is 1.70. The summed E-state index contributed by atoms with van der Waals surface area (Å²) < 4.78 is 9.34. The van der Waals surface area contributed by atoms with E-state index in [1.165, 1.54) is 17.1 Å². The summed E-state index contributed by atoms with van der Waals surface area (Å²) in [5, 5.41) is 10.6. The van der Waals surface area contributed by atoms with Gasteiger partial charge in [-0.3, -0.25) is 13.9 Å². The van der Waals surface area contributed by atoms with Crippen LogP contribution in [0.4, 0.5) is 0 Å². The van der Waals surface area contributed by atoms with Crippen molar-refractivity contribution in [1.82, 2.24) is 13.5 Å². The molecule has 0 spiro atoms. The normalized spacial score (nSPS) is 15.1. The highest BCUT2D eigenvalue weighted by Gasteiger charge is 2.36. The number of carboxylic acids is 1. The first-order chi connectivity index (χ1) is 14.8. The van der Waals surface area contributed by atoms with E-state index in [1.54, 1.807) is 9.13 Å². The van der Waals surface area contributed by atoms with Crippen LogP contribution in [0.15, 0.2) is 35.1 Å². The predicted octanol–water partition coefficient (Wildman–Crippen LogP) is 4.81. The maximum Gasteiger partial charge on any atom is 0.329 e. The molecule has 0 aliphatic heterocycles. The molecule has 1 fully saturated rings. The molecule has 0 radical (unpaired) electrons. The van der Waals surface area contributed by atoms with E-state index in [2.05, 4.69) is 26.0 Å². The van der Waals surface area contributed by atoms with Gasteiger partial charge in [0.05, 0.1) is 40.4 Å². The molecule has 6 nitrogen and oxygen atoms in total. The number of aromatic nitrogens is 3. The number of nitrogens with zero attached hydrogens (tertiary/aromatic N) is 3. The molecule has 1 N–H and O–H groups in total. The second-order valence-electron chi connectivity index (χ2n) is 8.77. The van der Waals surface area contributed by atoms with Crippen LogP contribution in [0.2, 0.25) is 0 Å². The maximum atomic E-state index is 13.7. The first-order valence-corrected chi connectivity index (χ1v) is 11.4. The van der Waals surface area contributed by atoms with Gasteiger partial charge in [-0.05, 0) is 79.9 Å². The van der Waals surface area contributed by atoms with Crippen molar-refractivity contribution in [2.45, 2.75) is 52.6 Å². The van der Waals surface area contributed by atoms with Crippen molar-refractivity contribution in [3.8, 4) is 0 Å². The van der Waals surface area contributed by atoms with Crippen LogP contribution in [0, 0.1) is 26.7 Å². The number of aliphatic carboxylic acids is 1. The monoisotopic (exact) mass is 435 g/mol. The molecule has 0 amide bonds. The van der Waals surface area contributed by atoms with Crippen LogP contribution >= 0.6 is 11.5 Å². The highest BCUT2D eigenvalue weighted by atomic mass is 32.1. The molecule has 1 atom stereocenters. The van der Waals surface area contributed by atoms with Gasteiger partial charge in [-0.1, -0.05) is 18.2 Å². The number of carbonyl (C=O) groups is 1. The molecule has 4 aromatic rings. The van der Waals surface area contributed by atoms with Gasteiger partial charge in [0.15, 0.2) is 0 Å². The van der Waals surface area contributed by atoms with E-state index in [9.17, 15) is 14.7 Å². The van der Waals surface area contributed by atoms with Crippen molar-refractivity contribution in [3.63, 3.8) is 0 Å². The minimum atomic E-state index is -0.866. The minimum absolute atomic E-state index is 0.0317. The van der Waals surface area contributed by atoms with Crippen LogP contribution in [-0.4, -0.2) is 24.6 Å². The molecule has 2 aromatic carbocycles. The molecule has 1 aliphatic rings. The lowest BCUT2D eigenvalue weighted by Gasteiger charge is -2.17. The molecule has 7 heteroatoms. The van der Waals surface area contributed by atoms with Crippen molar-refractivity contribution in [1.29, 1.82) is 0 Å². The van der Waals surface area contributed by atoms with Crippen LogP contribution in [0.25, 0.3) is 21.1 Å². The molecule has 1 unspecified atom stereocenters. The lowest BCUT2D eigenvalue weighted by atomic mass is 10.1. The molecular weight excluding hydrogens is 410 g/mol. The summed E-state index contributed by atoms with van der Waals surface area (Å²) in [7, 11) is 0. The fraction of sp³-hybridized carbons (Fsp3) is 0.375. The quantitative estimate of drug-likeness (QED) is 0.471. The highest BCUT2D eigenvalue weighted by molar-refractivity contribution is 7.13. The minimum Gasteiger partial charge on any atom is -0.481 e. The lowest BCUT2D eigenvalue weighted by Crippen LogP contribution is -2.30. The third-order valence-electron chi connectivity index (χ3n) is 6.36. The van der Waals surface area contributed by atoms with Crippen molar-refractivity contribution >= 4 is 38.6 Å². The molecule has 2 heterocycles. The second kappa shape index (κ2) is 7.34. The van der Waals surface area contributed by atoms with Crippen molar-refractivity contribution in [2.75, 3.05) is 0 Å². The van der Waals surface area contributed by atoms with E-state index in [-0.39, 0.29) is 24.1 Å². The number of benzene rings is 2. The first kappa shape index (κ1) is 20.0. The zero-order valence-electron chi connectivity index (χ0n) is 17.9. The van der Waals surface area contributed by atoms with Gasteiger partial charge in [-0.15, -0.1) is 0 Å². The Labute approximate surface area is 183 Å². The topological polar surface area (TPSA) is 77.1 Å². The Morgan fingerprint density at radius 2 is 2.00 bits per heavy atom. The van der Waals surface area contributed by atoms with Gasteiger partial charge in [0.1, 0.15) is 0 Å². The highest BCUT2D eigenvalue weighted by Crippen LogP contribution is 2.42. The Morgan fingerprint density at radius 3 is 2.71 bits per heavy atom. The molecule has 5 rings (SSSR count). The predicted molar refractivity (Wildman–Crippen MR) is 123 cm³/mol. The average Bonchev–Trinajstić information content (AvgIpc) is 3.41. The number of hydrogen-bond donors (Lipinski definition) is 1. The third kappa shape index (κ3) is 3.37. The van der Waals surface area contributed by atoms with Gasteiger partial charge in [0.2, 0.25) is 0 Å². The summed E-state index contributed by atoms with van der Waals surface area (Å²) in [5.74, 6) is -0.618. The number of fused-ring (bicyclic) bond motifs is 2. The SMILES string of the molecule is Cc1cc(C)c2c(Cn3c(=O)n(C(CC(=O)O)C4CC4)c4c(C)cccc43)nsc2c1. The number of rotatable bonds is 6. The molecular formula is C24H25N3O3S. The Hall–Kier alpha value is -2.93. The van der Waals surface area contributed by atoms with E-state index in [0.717, 1.165) is 50.8 Å². The Morgan fingerprint density at radius 1 is 1.23 bits per heavy atom. The summed E-state index contributed by atoms with van der Waals surface area (Å²) in [6, 6.07) is 9.86. The van der Waals surface area contributed by atoms with Gasteiger partial charge in [-0.25, -0.2) is 4.79 Å². The summed E-state index contributed by atoms with van der Waals surface area (Å²) in [5.41, 5.74) is 5.78. The zero-order chi connectivity index (χ0) is 21.9. The van der Waals surface area contributed by atoms with E-state index in [0.29, 0.717) is 6.54 Å². The second-order valence-corrected chi connectivity index (χ2v) is 9.57. The molecule has 0 saturated heterocycles. The molecule has 2 aromatic heterocycles. The fourth-order valence-corrected chi connectivity index (χ4v) is 5.84. The Bertz CT molecular complexity index is 1390. The fourth-order valence-electron chi connectivity index (χ4n) is 4.87. The Kier molecular flexibility index (Phi) is 4.73. The largest absolute Gasteiger partial charge is 0.481 e. The van der Waals surface area contributed by atoms with Gasteiger partial charge < -0.3 is 5.11 Å². The first-order valence-electron chi connectivity index (χ1n) is 10.6. The van der Waals surface area contributed by atoms with Crippen LogP contribution in [0.3, 0.4) is 0 Å². The molecule has 31 heavy (non-hydrogen) atoms. The van der Waals surface area contributed by atoms with Crippen LogP contribution in [0.1, 0.15) is 47.7 Å². The van der Waals surface area contributed by atoms with Crippen molar-refractivity contribution < 1.29 is 9.90 Å². The van der Waals surface area contributed by atoms with Crippen molar-refractivity contribution in [3.05, 3.63) is 63.2 Å². The lowest BCUT2D eigenvalue weighted by molar-refractivity contribution is -0.138. The van der Waals surface area contributed by atoms with Crippen molar-refractivity contribution in [2.24, 2.45) is 5.92 Å². The molecule has 1 aliphatic carbocycles. The number of imidazole rings is 1. The third-order valence-corrected chi connectivity index (χ3v) is 7.19. The van der Waals surface area contributed by atoms with E-state index in [1.807, 2.05) is 25.1 Å². The number of aryl methyl sites for hydroxylation is 3. The van der Waals surface area contributed by atoms with Crippen LogP contribution < -0.4 is 5.69 Å². The molecule has 1 saturated carbocycles. The summed E-state index contributed by atoms with van der Waals surface area (Å²) in [6.45, 7) is 6.52. The summed E-state index contributed by atoms with van der Waals surface area (Å²) >= 11 is 1.46. The number of carboxylic acid groups (broad SMARTS) is 1. The van der Waals surface area contributed by atoms with Gasteiger partial charge in [-0.2, -0.15) is 4.37 Å². The van der Waals surface area contributed by atoms with E-state index >= 15 is 0 Å². The van der Waals surface area contributed by atoms with Gasteiger partial charge in [0.25, 0.3) is 0 Å². The van der Waals surface area contributed by atoms with Gasteiger partial charge >= 0.3 is 11.7 Å². The maximum absolute atomic E-state index is 13.7. The summed E-state index contributed by atoms with van der Waals surface area (Å²) in [6.07, 6.45) is 1.91. The van der Waals surface area contributed by atoms with Crippen LogP contribution in [-0.2, 0) is 11.3 Å². The van der Waals surface area contributed by atoms with E-state index in [4.69, 9.17) is 4.37 Å². The summed E-state index contributed by atoms with van der Waals surface area (Å²) in [4.78, 5) is 25.3. The average molecular weight is 436 g/mol. The van der Waals surface area contributed by atoms with Crippen LogP contribution in [0.5, 0.6) is 0 Å². The molecule has 0 bridgehead atoms. The smallest absolute Gasteiger partial charge is 0.329 e. The zero-order valence-corrected chi connectivity index (χ0v) is 18.7. The standard InChI is InChI=1S/C24H25N3O3S/c1-13-9-15(3)22-17(25-31-20(22)10-13)12-26-18-6-4-5-14(2)23(18)27(24(26)30)19(11-21(28)29)16-7-8-16/h4-6,9-10,16,19H,7-8,11-12H2,1-3H3,(H,28,29). The van der Waals surface area contributed by atoms with E-state index < -0.39 is 5.97 Å². The molecule has 160 valence electrons. The number of para-hydroxylation sites is 1. The van der Waals surface area contributed by atoms with Gasteiger partial charge in [0, 0.05) is 5.39 Å². The number of hydrogen-bond acceptors (Lipinski definition) is 4.